The topological polar surface area (TPSA) is 46.5 Å². The van der Waals surface area contributed by atoms with Crippen molar-refractivity contribution in [2.24, 2.45) is 17.8 Å². The Morgan fingerprint density at radius 3 is 2.26 bits per heavy atom. The van der Waals surface area contributed by atoms with Crippen LogP contribution in [0.3, 0.4) is 0 Å². The highest BCUT2D eigenvalue weighted by molar-refractivity contribution is 5.93. The Morgan fingerprint density at radius 1 is 0.926 bits per heavy atom. The van der Waals surface area contributed by atoms with E-state index in [1.165, 1.54) is 38.5 Å². The summed E-state index contributed by atoms with van der Waals surface area (Å²) < 4.78 is 6.08. The number of hydrogen-bond acceptors (Lipinski definition) is 2. The summed E-state index contributed by atoms with van der Waals surface area (Å²) in [5.41, 5.74) is 3.65. The molecule has 4 bridgehead atoms. The number of hydrogen-bond donors (Lipinski definition) is 1. The second-order valence-electron chi connectivity index (χ2n) is 9.35. The molecule has 7 rings (SSSR count). The third kappa shape index (κ3) is 2.24. The molecule has 0 spiro atoms. The summed E-state index contributed by atoms with van der Waals surface area (Å²) >= 11 is 0. The van der Waals surface area contributed by atoms with Crippen molar-refractivity contribution in [2.75, 3.05) is 0 Å². The minimum absolute atomic E-state index is 0.0778. The van der Waals surface area contributed by atoms with Crippen LogP contribution in [-0.2, 0) is 11.8 Å². The average Bonchev–Trinajstić information content (AvgIpc) is 2.64. The number of carboxylic acid groups (broad SMARTS) is 1. The third-order valence-corrected chi connectivity index (χ3v) is 7.65. The maximum atomic E-state index is 12.4. The van der Waals surface area contributed by atoms with Gasteiger partial charge in [-0.3, -0.25) is 0 Å². The quantitative estimate of drug-likeness (QED) is 0.652. The van der Waals surface area contributed by atoms with E-state index in [-0.39, 0.29) is 5.41 Å². The number of fused-ring (bicyclic) bond motifs is 2. The van der Waals surface area contributed by atoms with Gasteiger partial charge in [-0.05, 0) is 85.0 Å². The molecule has 4 fully saturated rings. The molecule has 5 aliphatic rings. The minimum Gasteiger partial charge on any atom is -0.478 e. The Hall–Kier alpha value is -2.29. The molecular weight excluding hydrogens is 336 g/mol. The van der Waals surface area contributed by atoms with E-state index in [1.807, 2.05) is 30.3 Å². The summed E-state index contributed by atoms with van der Waals surface area (Å²) in [6.07, 6.45) is 8.27. The van der Waals surface area contributed by atoms with E-state index >= 15 is 0 Å². The van der Waals surface area contributed by atoms with Crippen molar-refractivity contribution in [3.8, 4) is 11.5 Å². The highest BCUT2D eigenvalue weighted by Gasteiger charge is 2.53. The van der Waals surface area contributed by atoms with Crippen molar-refractivity contribution < 1.29 is 14.6 Å². The predicted molar refractivity (Wildman–Crippen MR) is 103 cm³/mol. The van der Waals surface area contributed by atoms with E-state index in [1.54, 1.807) is 0 Å². The highest BCUT2D eigenvalue weighted by Crippen LogP contribution is 2.61. The average molecular weight is 360 g/mol. The summed E-state index contributed by atoms with van der Waals surface area (Å²) in [6, 6.07) is 12.1. The number of carbonyl (C=O) groups is 1. The molecule has 0 atom stereocenters. The Morgan fingerprint density at radius 2 is 1.59 bits per heavy atom. The fraction of sp³-hybridized carbons (Fsp3) is 0.458. The summed E-state index contributed by atoms with van der Waals surface area (Å²) in [4.78, 5) is 12.4. The summed E-state index contributed by atoms with van der Waals surface area (Å²) in [5.74, 6) is 3.17. The summed E-state index contributed by atoms with van der Waals surface area (Å²) in [7, 11) is 0. The molecule has 0 saturated heterocycles. The normalized spacial score (nSPS) is 32.5. The summed E-state index contributed by atoms with van der Waals surface area (Å²) in [5, 5.41) is 10.2. The molecule has 4 saturated carbocycles. The molecule has 1 heterocycles. The van der Waals surface area contributed by atoms with Crippen LogP contribution in [0.1, 0.15) is 65.6 Å². The van der Waals surface area contributed by atoms with Gasteiger partial charge in [-0.1, -0.05) is 24.3 Å². The molecule has 0 unspecified atom stereocenters. The minimum atomic E-state index is -0.791. The molecule has 3 heteroatoms. The Kier molecular flexibility index (Phi) is 3.13. The standard InChI is InChI=1S/C24H24O3/c25-23(26)22-18-10-17-3-1-2-4-20(17)27-21(18)6-5-19(22)24-11-14-7-15(12-24)9-16(8-14)13-24/h1-6,14-16H,7-13H2,(H,25,26). The van der Waals surface area contributed by atoms with Crippen molar-refractivity contribution in [2.45, 2.75) is 50.4 Å². The molecule has 2 aromatic rings. The zero-order chi connectivity index (χ0) is 18.2. The van der Waals surface area contributed by atoms with E-state index < -0.39 is 5.97 Å². The van der Waals surface area contributed by atoms with Gasteiger partial charge in [-0.25, -0.2) is 4.79 Å². The first kappa shape index (κ1) is 15.7. The van der Waals surface area contributed by atoms with Crippen LogP contribution in [0.15, 0.2) is 36.4 Å². The molecule has 27 heavy (non-hydrogen) atoms. The van der Waals surface area contributed by atoms with E-state index in [9.17, 15) is 9.90 Å². The molecule has 2 aromatic carbocycles. The largest absolute Gasteiger partial charge is 0.478 e. The van der Waals surface area contributed by atoms with E-state index in [2.05, 4.69) is 6.07 Å². The van der Waals surface area contributed by atoms with Gasteiger partial charge in [0.2, 0.25) is 0 Å². The zero-order valence-electron chi connectivity index (χ0n) is 15.4. The number of para-hydroxylation sites is 1. The molecule has 0 amide bonds. The molecule has 4 aliphatic carbocycles. The molecule has 1 N–H and O–H groups in total. The first-order chi connectivity index (χ1) is 13.1. The number of aromatic carboxylic acids is 1. The molecule has 138 valence electrons. The predicted octanol–water partition coefficient (Wildman–Crippen LogP) is 5.55. The van der Waals surface area contributed by atoms with Crippen LogP contribution >= 0.6 is 0 Å². The van der Waals surface area contributed by atoms with Crippen LogP contribution in [-0.4, -0.2) is 11.1 Å². The lowest BCUT2D eigenvalue weighted by Crippen LogP contribution is -2.49. The Bertz CT molecular complexity index is 923. The van der Waals surface area contributed by atoms with Gasteiger partial charge in [0.05, 0.1) is 5.56 Å². The highest BCUT2D eigenvalue weighted by atomic mass is 16.5. The SMILES string of the molecule is O=C(O)c1c(C23CC4CC(CC(C4)C2)C3)ccc2c1Cc1ccccc1O2. The van der Waals surface area contributed by atoms with Gasteiger partial charge in [0.15, 0.2) is 0 Å². The lowest BCUT2D eigenvalue weighted by molar-refractivity contribution is -0.00588. The fourth-order valence-electron chi connectivity index (χ4n) is 7.08. The molecule has 1 aliphatic heterocycles. The van der Waals surface area contributed by atoms with E-state index in [0.29, 0.717) is 12.0 Å². The second-order valence-corrected chi connectivity index (χ2v) is 9.35. The Labute approximate surface area is 159 Å². The van der Waals surface area contributed by atoms with Crippen molar-refractivity contribution in [1.29, 1.82) is 0 Å². The first-order valence-corrected chi connectivity index (χ1v) is 10.3. The van der Waals surface area contributed by atoms with Gasteiger partial charge in [-0.15, -0.1) is 0 Å². The smallest absolute Gasteiger partial charge is 0.336 e. The lowest BCUT2D eigenvalue weighted by Gasteiger charge is -2.57. The number of benzene rings is 2. The zero-order valence-corrected chi connectivity index (χ0v) is 15.4. The maximum absolute atomic E-state index is 12.4. The van der Waals surface area contributed by atoms with Crippen LogP contribution in [0.25, 0.3) is 0 Å². The molecular formula is C24H24O3. The fourth-order valence-corrected chi connectivity index (χ4v) is 7.08. The van der Waals surface area contributed by atoms with Gasteiger partial charge in [0.25, 0.3) is 0 Å². The van der Waals surface area contributed by atoms with Crippen LogP contribution in [0, 0.1) is 17.8 Å². The Balaban J connectivity index is 1.51. The summed E-state index contributed by atoms with van der Waals surface area (Å²) in [6.45, 7) is 0. The second kappa shape index (κ2) is 5.37. The van der Waals surface area contributed by atoms with Crippen molar-refractivity contribution >= 4 is 5.97 Å². The van der Waals surface area contributed by atoms with Gasteiger partial charge < -0.3 is 9.84 Å². The van der Waals surface area contributed by atoms with Crippen LogP contribution in [0.4, 0.5) is 0 Å². The van der Waals surface area contributed by atoms with Gasteiger partial charge in [0.1, 0.15) is 11.5 Å². The number of rotatable bonds is 2. The lowest BCUT2D eigenvalue weighted by atomic mass is 9.47. The van der Waals surface area contributed by atoms with Gasteiger partial charge in [-0.2, -0.15) is 0 Å². The van der Waals surface area contributed by atoms with Crippen molar-refractivity contribution in [3.63, 3.8) is 0 Å². The van der Waals surface area contributed by atoms with Gasteiger partial charge >= 0.3 is 5.97 Å². The van der Waals surface area contributed by atoms with E-state index in [4.69, 9.17) is 4.74 Å². The van der Waals surface area contributed by atoms with Crippen molar-refractivity contribution in [3.05, 3.63) is 58.7 Å². The number of carboxylic acids is 1. The van der Waals surface area contributed by atoms with Crippen molar-refractivity contribution in [1.82, 2.24) is 0 Å². The van der Waals surface area contributed by atoms with Gasteiger partial charge in [0, 0.05) is 12.0 Å². The molecule has 3 nitrogen and oxygen atoms in total. The van der Waals surface area contributed by atoms with Crippen LogP contribution in [0.2, 0.25) is 0 Å². The maximum Gasteiger partial charge on any atom is 0.336 e. The van der Waals surface area contributed by atoms with Crippen LogP contribution < -0.4 is 4.74 Å². The third-order valence-electron chi connectivity index (χ3n) is 7.65. The van der Waals surface area contributed by atoms with Crippen LogP contribution in [0.5, 0.6) is 11.5 Å². The first-order valence-electron chi connectivity index (χ1n) is 10.3. The molecule has 0 radical (unpaired) electrons. The molecule has 0 aromatic heterocycles. The van der Waals surface area contributed by atoms with E-state index in [0.717, 1.165) is 45.9 Å². The number of ether oxygens (including phenoxy) is 1. The monoisotopic (exact) mass is 360 g/mol.